The molecule has 1 aromatic carbocycles. The molecule has 60 valence electrons. The quantitative estimate of drug-likeness (QED) is 0.741. The monoisotopic (exact) mass is 223 g/mol. The third-order valence-corrected chi connectivity index (χ3v) is 2.05. The fourth-order valence-corrected chi connectivity index (χ4v) is 1.33. The summed E-state index contributed by atoms with van der Waals surface area (Å²) in [5.41, 5.74) is 1.00. The van der Waals surface area contributed by atoms with E-state index < -0.39 is 0 Å². The largest absolute Gasteiger partial charge is 0.206 e. The molecule has 1 aromatic heterocycles. The van der Waals surface area contributed by atoms with Crippen molar-refractivity contribution in [1.82, 2.24) is 15.0 Å². The fraction of sp³-hybridized carbons (Fsp3) is 0. The minimum atomic E-state index is 0.855. The van der Waals surface area contributed by atoms with Crippen LogP contribution in [0.5, 0.6) is 0 Å². The van der Waals surface area contributed by atoms with Crippen molar-refractivity contribution >= 4 is 15.9 Å². The molecule has 0 saturated carbocycles. The van der Waals surface area contributed by atoms with Gasteiger partial charge < -0.3 is 0 Å². The Balaban J connectivity index is 2.51. The number of aromatic nitrogens is 3. The summed E-state index contributed by atoms with van der Waals surface area (Å²) in [5, 5.41) is 7.67. The molecule has 0 atom stereocenters. The Morgan fingerprint density at radius 1 is 1.17 bits per heavy atom. The van der Waals surface area contributed by atoms with E-state index in [2.05, 4.69) is 26.2 Å². The highest BCUT2D eigenvalue weighted by Gasteiger charge is 2.00. The minimum absolute atomic E-state index is 0.855. The van der Waals surface area contributed by atoms with Gasteiger partial charge in [0.15, 0.2) is 0 Å². The fourth-order valence-electron chi connectivity index (χ4n) is 0.967. The molecule has 0 radical (unpaired) electrons. The minimum Gasteiger partial charge on any atom is -0.206 e. The van der Waals surface area contributed by atoms with Crippen LogP contribution in [0.3, 0.4) is 0 Å². The van der Waals surface area contributed by atoms with E-state index in [9.17, 15) is 0 Å². The molecule has 2 rings (SSSR count). The van der Waals surface area contributed by atoms with Crippen molar-refractivity contribution in [3.63, 3.8) is 0 Å². The van der Waals surface area contributed by atoms with Crippen molar-refractivity contribution in [3.05, 3.63) is 41.1 Å². The second-order valence-corrected chi connectivity index (χ2v) is 3.12. The lowest BCUT2D eigenvalue weighted by Gasteiger charge is -1.99. The molecule has 0 fully saturated rings. The second-order valence-electron chi connectivity index (χ2n) is 2.30. The zero-order chi connectivity index (χ0) is 8.39. The van der Waals surface area contributed by atoms with Crippen LogP contribution in [0.2, 0.25) is 0 Å². The van der Waals surface area contributed by atoms with Gasteiger partial charge in [-0.1, -0.05) is 23.4 Å². The van der Waals surface area contributed by atoms with Crippen molar-refractivity contribution in [1.29, 1.82) is 0 Å². The number of hydrogen-bond acceptors (Lipinski definition) is 2. The maximum atomic E-state index is 3.91. The van der Waals surface area contributed by atoms with Gasteiger partial charge in [0.05, 0.1) is 11.9 Å². The van der Waals surface area contributed by atoms with E-state index in [4.69, 9.17) is 0 Å². The molecule has 0 unspecified atom stereocenters. The van der Waals surface area contributed by atoms with Crippen LogP contribution in [0.15, 0.2) is 41.1 Å². The first kappa shape index (κ1) is 7.49. The summed E-state index contributed by atoms with van der Waals surface area (Å²) in [6.45, 7) is 0. The zero-order valence-electron chi connectivity index (χ0n) is 6.18. The van der Waals surface area contributed by atoms with Gasteiger partial charge >= 0.3 is 0 Å². The predicted molar refractivity (Wildman–Crippen MR) is 49.1 cm³/mol. The molecule has 0 spiro atoms. The molecular formula is C8H6BrN3. The van der Waals surface area contributed by atoms with Gasteiger partial charge in [0, 0.05) is 0 Å². The van der Waals surface area contributed by atoms with E-state index >= 15 is 0 Å². The number of rotatable bonds is 1. The Labute approximate surface area is 78.2 Å². The number of benzene rings is 1. The van der Waals surface area contributed by atoms with Crippen molar-refractivity contribution in [2.24, 2.45) is 0 Å². The lowest BCUT2D eigenvalue weighted by atomic mass is 10.3. The molecule has 0 amide bonds. The summed E-state index contributed by atoms with van der Waals surface area (Å²) >= 11 is 3.34. The molecule has 3 nitrogen and oxygen atoms in total. The van der Waals surface area contributed by atoms with Gasteiger partial charge in [-0.15, -0.1) is 5.10 Å². The molecule has 0 N–H and O–H groups in total. The van der Waals surface area contributed by atoms with E-state index in [1.165, 1.54) is 0 Å². The molecule has 0 aliphatic heterocycles. The first-order chi connectivity index (χ1) is 5.88. The van der Waals surface area contributed by atoms with E-state index in [-0.39, 0.29) is 0 Å². The summed E-state index contributed by atoms with van der Waals surface area (Å²) < 4.78 is 2.58. The Hall–Kier alpha value is -1.16. The number of hydrogen-bond donors (Lipinski definition) is 0. The zero-order valence-corrected chi connectivity index (χ0v) is 7.77. The van der Waals surface area contributed by atoms with E-state index in [1.54, 1.807) is 10.9 Å². The van der Waals surface area contributed by atoms with Gasteiger partial charge in [-0.2, -0.15) is 0 Å². The summed E-state index contributed by atoms with van der Waals surface area (Å²) in [4.78, 5) is 0. The van der Waals surface area contributed by atoms with Crippen LogP contribution in [0.1, 0.15) is 0 Å². The molecule has 1 heterocycles. The van der Waals surface area contributed by atoms with Gasteiger partial charge in [0.25, 0.3) is 0 Å². The third kappa shape index (κ3) is 1.25. The van der Waals surface area contributed by atoms with Gasteiger partial charge in [0.2, 0.25) is 0 Å². The van der Waals surface area contributed by atoms with Gasteiger partial charge in [-0.25, -0.2) is 4.68 Å². The predicted octanol–water partition coefficient (Wildman–Crippen LogP) is 2.03. The highest BCUT2D eigenvalue weighted by molar-refractivity contribution is 9.10. The topological polar surface area (TPSA) is 30.7 Å². The van der Waals surface area contributed by atoms with Crippen molar-refractivity contribution < 1.29 is 0 Å². The molecule has 0 bridgehead atoms. The van der Waals surface area contributed by atoms with Gasteiger partial charge in [0.1, 0.15) is 4.60 Å². The average molecular weight is 224 g/mol. The van der Waals surface area contributed by atoms with E-state index in [0.717, 1.165) is 10.3 Å². The van der Waals surface area contributed by atoms with Crippen LogP contribution in [0, 0.1) is 0 Å². The molecular weight excluding hydrogens is 218 g/mol. The van der Waals surface area contributed by atoms with Crippen molar-refractivity contribution in [2.75, 3.05) is 0 Å². The first-order valence-electron chi connectivity index (χ1n) is 3.49. The lowest BCUT2D eigenvalue weighted by Crippen LogP contribution is -1.95. The van der Waals surface area contributed by atoms with Gasteiger partial charge in [-0.05, 0) is 28.1 Å². The van der Waals surface area contributed by atoms with Crippen LogP contribution in [-0.4, -0.2) is 15.0 Å². The van der Waals surface area contributed by atoms with Crippen LogP contribution in [0.25, 0.3) is 5.69 Å². The van der Waals surface area contributed by atoms with Crippen molar-refractivity contribution in [2.45, 2.75) is 0 Å². The van der Waals surface area contributed by atoms with Gasteiger partial charge in [-0.3, -0.25) is 0 Å². The standard InChI is InChI=1S/C8H6BrN3/c9-8-6-10-11-12(8)7-4-2-1-3-5-7/h1-6H. The molecule has 0 aliphatic carbocycles. The third-order valence-electron chi connectivity index (χ3n) is 1.51. The SMILES string of the molecule is Brc1cnnn1-c1ccccc1. The van der Waals surface area contributed by atoms with E-state index in [0.29, 0.717) is 0 Å². The summed E-state index contributed by atoms with van der Waals surface area (Å²) in [5.74, 6) is 0. The smallest absolute Gasteiger partial charge is 0.130 e. The van der Waals surface area contributed by atoms with Crippen LogP contribution in [-0.2, 0) is 0 Å². The number of para-hydroxylation sites is 1. The average Bonchev–Trinajstić information content (AvgIpc) is 2.53. The number of nitrogens with zero attached hydrogens (tertiary/aromatic N) is 3. The lowest BCUT2D eigenvalue weighted by molar-refractivity contribution is 0.792. The van der Waals surface area contributed by atoms with Crippen molar-refractivity contribution in [3.8, 4) is 5.69 Å². The van der Waals surface area contributed by atoms with Crippen LogP contribution >= 0.6 is 15.9 Å². The Kier molecular flexibility index (Phi) is 1.91. The Bertz CT molecular complexity index is 369. The number of halogens is 1. The normalized spacial score (nSPS) is 10.1. The molecule has 12 heavy (non-hydrogen) atoms. The first-order valence-corrected chi connectivity index (χ1v) is 4.29. The molecule has 4 heteroatoms. The Morgan fingerprint density at radius 2 is 1.92 bits per heavy atom. The molecule has 0 aliphatic rings. The van der Waals surface area contributed by atoms with Crippen LogP contribution in [0.4, 0.5) is 0 Å². The second kappa shape index (κ2) is 3.06. The highest BCUT2D eigenvalue weighted by atomic mass is 79.9. The maximum Gasteiger partial charge on any atom is 0.130 e. The Morgan fingerprint density at radius 3 is 2.50 bits per heavy atom. The van der Waals surface area contributed by atoms with E-state index in [1.807, 2.05) is 30.3 Å². The molecule has 2 aromatic rings. The summed E-state index contributed by atoms with van der Waals surface area (Å²) in [6, 6.07) is 9.83. The molecule has 0 saturated heterocycles. The summed E-state index contributed by atoms with van der Waals surface area (Å²) in [7, 11) is 0. The van der Waals surface area contributed by atoms with Crippen LogP contribution < -0.4 is 0 Å². The summed E-state index contributed by atoms with van der Waals surface area (Å²) in [6.07, 6.45) is 1.66. The highest BCUT2D eigenvalue weighted by Crippen LogP contribution is 2.12. The maximum absolute atomic E-state index is 3.91.